The maximum atomic E-state index is 11.9. The molecule has 5 N–H and O–H groups in total. The van der Waals surface area contributed by atoms with E-state index in [1.807, 2.05) is 27.7 Å². The smallest absolute Gasteiger partial charge is 0.312 e. The number of hydrogen-bond acceptors (Lipinski definition) is 3. The van der Waals surface area contributed by atoms with E-state index < -0.39 is 17.6 Å². The van der Waals surface area contributed by atoms with Crippen molar-refractivity contribution in [3.8, 4) is 0 Å². The lowest BCUT2D eigenvalue weighted by atomic mass is 9.98. The number of aliphatic hydroxyl groups is 1. The van der Waals surface area contributed by atoms with Crippen molar-refractivity contribution in [3.63, 3.8) is 0 Å². The number of carbonyl (C=O) groups is 2. The van der Waals surface area contributed by atoms with Gasteiger partial charge >= 0.3 is 6.03 Å². The summed E-state index contributed by atoms with van der Waals surface area (Å²) in [6.07, 6.45) is 0.445. The van der Waals surface area contributed by atoms with E-state index in [0.717, 1.165) is 0 Å². The van der Waals surface area contributed by atoms with Gasteiger partial charge in [-0.2, -0.15) is 0 Å². The van der Waals surface area contributed by atoms with Crippen molar-refractivity contribution in [1.82, 2.24) is 10.6 Å². The van der Waals surface area contributed by atoms with Crippen molar-refractivity contribution in [2.45, 2.75) is 45.7 Å². The fourth-order valence-electron chi connectivity index (χ4n) is 1.44. The summed E-state index contributed by atoms with van der Waals surface area (Å²) in [4.78, 5) is 22.7. The number of carbonyl (C=O) groups excluding carboxylic acids is 2. The number of nitrogens with two attached hydrogens (primary N) is 1. The summed E-state index contributed by atoms with van der Waals surface area (Å²) in [7, 11) is 0. The molecule has 0 radical (unpaired) electrons. The van der Waals surface area contributed by atoms with E-state index in [1.165, 1.54) is 0 Å². The lowest BCUT2D eigenvalue weighted by molar-refractivity contribution is -0.125. The summed E-state index contributed by atoms with van der Waals surface area (Å²) in [5, 5.41) is 14.0. The van der Waals surface area contributed by atoms with E-state index in [9.17, 15) is 9.59 Å². The van der Waals surface area contributed by atoms with Crippen LogP contribution in [0.15, 0.2) is 0 Å². The standard InChI is InChI=1S/C11H23N3O3/c1-7(2)8(13-10(12)17)9(16)14-11(3,4)5-6-15/h7-8,15H,5-6H2,1-4H3,(H,14,16)(H3,12,13,17). The molecule has 100 valence electrons. The topological polar surface area (TPSA) is 104 Å². The Hall–Kier alpha value is -1.30. The van der Waals surface area contributed by atoms with Crippen molar-refractivity contribution in [2.24, 2.45) is 11.7 Å². The Morgan fingerprint density at radius 1 is 1.35 bits per heavy atom. The molecule has 0 aliphatic heterocycles. The zero-order valence-corrected chi connectivity index (χ0v) is 10.9. The minimum absolute atomic E-state index is 0.0110. The van der Waals surface area contributed by atoms with E-state index in [1.54, 1.807) is 0 Å². The van der Waals surface area contributed by atoms with E-state index in [4.69, 9.17) is 10.8 Å². The number of rotatable bonds is 6. The SMILES string of the molecule is CC(C)C(NC(N)=O)C(=O)NC(C)(C)CCO. The summed E-state index contributed by atoms with van der Waals surface area (Å²) in [6, 6.07) is -1.38. The molecule has 0 rings (SSSR count). The fourth-order valence-corrected chi connectivity index (χ4v) is 1.44. The Kier molecular flexibility index (Phi) is 5.95. The summed E-state index contributed by atoms with van der Waals surface area (Å²) < 4.78 is 0. The molecule has 0 saturated carbocycles. The van der Waals surface area contributed by atoms with Gasteiger partial charge in [0, 0.05) is 12.1 Å². The highest BCUT2D eigenvalue weighted by atomic mass is 16.3. The molecule has 0 heterocycles. The van der Waals surface area contributed by atoms with Gasteiger partial charge in [0.1, 0.15) is 6.04 Å². The molecule has 0 fully saturated rings. The quantitative estimate of drug-likeness (QED) is 0.527. The molecule has 3 amide bonds. The second-order valence-corrected chi connectivity index (χ2v) is 5.08. The lowest BCUT2D eigenvalue weighted by Gasteiger charge is -2.29. The first kappa shape index (κ1) is 15.7. The van der Waals surface area contributed by atoms with Crippen LogP contribution in [-0.4, -0.2) is 35.2 Å². The van der Waals surface area contributed by atoms with Crippen LogP contribution in [0.5, 0.6) is 0 Å². The van der Waals surface area contributed by atoms with Crippen molar-refractivity contribution in [1.29, 1.82) is 0 Å². The van der Waals surface area contributed by atoms with Gasteiger partial charge in [0.15, 0.2) is 0 Å². The zero-order chi connectivity index (χ0) is 13.6. The molecule has 0 saturated heterocycles. The van der Waals surface area contributed by atoms with E-state index in [-0.39, 0.29) is 18.4 Å². The number of nitrogens with one attached hydrogen (secondary N) is 2. The van der Waals surface area contributed by atoms with Crippen LogP contribution >= 0.6 is 0 Å². The number of primary amides is 1. The maximum Gasteiger partial charge on any atom is 0.312 e. The van der Waals surface area contributed by atoms with Crippen molar-refractivity contribution >= 4 is 11.9 Å². The largest absolute Gasteiger partial charge is 0.396 e. The molecule has 0 aliphatic rings. The minimum atomic E-state index is -0.723. The van der Waals surface area contributed by atoms with Gasteiger partial charge in [0.2, 0.25) is 5.91 Å². The Morgan fingerprint density at radius 2 is 1.88 bits per heavy atom. The Morgan fingerprint density at radius 3 is 2.24 bits per heavy atom. The van der Waals surface area contributed by atoms with Crippen LogP contribution in [0.25, 0.3) is 0 Å². The van der Waals surface area contributed by atoms with Gasteiger partial charge in [-0.3, -0.25) is 4.79 Å². The van der Waals surface area contributed by atoms with Crippen LogP contribution in [0.2, 0.25) is 0 Å². The molecule has 0 aromatic heterocycles. The summed E-state index contributed by atoms with van der Waals surface area (Å²) in [5.74, 6) is -0.357. The lowest BCUT2D eigenvalue weighted by Crippen LogP contribution is -2.56. The summed E-state index contributed by atoms with van der Waals surface area (Å²) in [5.41, 5.74) is 4.51. The van der Waals surface area contributed by atoms with Gasteiger partial charge in [-0.05, 0) is 26.2 Å². The molecule has 1 unspecified atom stereocenters. The van der Waals surface area contributed by atoms with Gasteiger partial charge in [-0.15, -0.1) is 0 Å². The van der Waals surface area contributed by atoms with E-state index in [0.29, 0.717) is 6.42 Å². The average Bonchev–Trinajstić information content (AvgIpc) is 2.12. The maximum absolute atomic E-state index is 11.9. The minimum Gasteiger partial charge on any atom is -0.396 e. The molecule has 0 aromatic carbocycles. The third-order valence-electron chi connectivity index (χ3n) is 2.45. The molecule has 17 heavy (non-hydrogen) atoms. The predicted molar refractivity (Wildman–Crippen MR) is 65.3 cm³/mol. The first-order valence-corrected chi connectivity index (χ1v) is 5.68. The van der Waals surface area contributed by atoms with E-state index in [2.05, 4.69) is 10.6 Å². The molecule has 0 aromatic rings. The fraction of sp³-hybridized carbons (Fsp3) is 0.818. The second-order valence-electron chi connectivity index (χ2n) is 5.08. The molecule has 1 atom stereocenters. The van der Waals surface area contributed by atoms with Gasteiger partial charge in [0.25, 0.3) is 0 Å². The summed E-state index contributed by atoms with van der Waals surface area (Å²) >= 11 is 0. The van der Waals surface area contributed by atoms with E-state index >= 15 is 0 Å². The molecule has 0 bridgehead atoms. The monoisotopic (exact) mass is 245 g/mol. The number of hydrogen-bond donors (Lipinski definition) is 4. The van der Waals surface area contributed by atoms with Gasteiger partial charge < -0.3 is 21.5 Å². The van der Waals surface area contributed by atoms with Crippen LogP contribution in [0, 0.1) is 5.92 Å². The normalized spacial score (nSPS) is 13.3. The van der Waals surface area contributed by atoms with Crippen LogP contribution in [0.1, 0.15) is 34.1 Å². The van der Waals surface area contributed by atoms with Gasteiger partial charge in [-0.1, -0.05) is 13.8 Å². The average molecular weight is 245 g/mol. The third-order valence-corrected chi connectivity index (χ3v) is 2.45. The predicted octanol–water partition coefficient (Wildman–Crippen LogP) is -0.0435. The van der Waals surface area contributed by atoms with Gasteiger partial charge in [0.05, 0.1) is 0 Å². The second kappa shape index (κ2) is 6.44. The van der Waals surface area contributed by atoms with Crippen molar-refractivity contribution in [3.05, 3.63) is 0 Å². The Labute approximate surface area is 102 Å². The molecular weight excluding hydrogens is 222 g/mol. The third kappa shape index (κ3) is 6.11. The van der Waals surface area contributed by atoms with Crippen LogP contribution in [0.3, 0.4) is 0 Å². The first-order chi connectivity index (χ1) is 7.69. The van der Waals surface area contributed by atoms with Crippen molar-refractivity contribution < 1.29 is 14.7 Å². The Bertz CT molecular complexity index is 277. The molecule has 6 heteroatoms. The Balaban J connectivity index is 4.58. The number of amides is 3. The summed E-state index contributed by atoms with van der Waals surface area (Å²) in [6.45, 7) is 7.24. The highest BCUT2D eigenvalue weighted by molar-refractivity contribution is 5.87. The van der Waals surface area contributed by atoms with Crippen molar-refractivity contribution in [2.75, 3.05) is 6.61 Å². The highest BCUT2D eigenvalue weighted by Gasteiger charge is 2.28. The highest BCUT2D eigenvalue weighted by Crippen LogP contribution is 2.10. The van der Waals surface area contributed by atoms with Gasteiger partial charge in [-0.25, -0.2) is 4.79 Å². The number of aliphatic hydroxyl groups excluding tert-OH is 1. The number of urea groups is 1. The zero-order valence-electron chi connectivity index (χ0n) is 10.9. The molecular formula is C11H23N3O3. The molecule has 0 spiro atoms. The first-order valence-electron chi connectivity index (χ1n) is 5.68. The van der Waals surface area contributed by atoms with Crippen LogP contribution < -0.4 is 16.4 Å². The molecule has 6 nitrogen and oxygen atoms in total. The van der Waals surface area contributed by atoms with Crippen LogP contribution in [-0.2, 0) is 4.79 Å². The van der Waals surface area contributed by atoms with Crippen LogP contribution in [0.4, 0.5) is 4.79 Å². The molecule has 0 aliphatic carbocycles.